The second-order valence-electron chi connectivity index (χ2n) is 3.32. The summed E-state index contributed by atoms with van der Waals surface area (Å²) >= 11 is 3.65. The molecule has 0 amide bonds. The van der Waals surface area contributed by atoms with Crippen LogP contribution in [0.15, 0.2) is 17.3 Å². The van der Waals surface area contributed by atoms with Gasteiger partial charge in [-0.05, 0) is 29.0 Å². The number of anilines is 1. The van der Waals surface area contributed by atoms with Gasteiger partial charge < -0.3 is 10.3 Å². The highest BCUT2D eigenvalue weighted by Gasteiger charge is 2.06. The van der Waals surface area contributed by atoms with Crippen LogP contribution in [0.5, 0.6) is 0 Å². The first-order chi connectivity index (χ1) is 8.20. The molecule has 0 saturated heterocycles. The summed E-state index contributed by atoms with van der Waals surface area (Å²) in [6.45, 7) is 2.70. The minimum Gasteiger partial charge on any atom is -0.362 e. The summed E-state index contributed by atoms with van der Waals surface area (Å²) in [6.07, 6.45) is 4.28. The highest BCUT2D eigenvalue weighted by Crippen LogP contribution is 2.15. The maximum absolute atomic E-state index is 11.3. The lowest BCUT2D eigenvalue weighted by Crippen LogP contribution is -2.14. The summed E-state index contributed by atoms with van der Waals surface area (Å²) in [6, 6.07) is 0. The zero-order valence-corrected chi connectivity index (χ0v) is 12.1. The van der Waals surface area contributed by atoms with Crippen LogP contribution in [0.25, 0.3) is 0 Å². The Labute approximate surface area is 116 Å². The van der Waals surface area contributed by atoms with E-state index in [4.69, 9.17) is 0 Å². The summed E-state index contributed by atoms with van der Waals surface area (Å²) < 4.78 is 0.567. The molecule has 0 spiro atoms. The molecule has 5 nitrogen and oxygen atoms in total. The summed E-state index contributed by atoms with van der Waals surface area (Å²) in [5.74, 6) is 0.600. The fourth-order valence-electron chi connectivity index (χ4n) is 1.26. The molecule has 0 aliphatic rings. The number of aromatic nitrogens is 3. The molecule has 2 aromatic heterocycles. The largest absolute Gasteiger partial charge is 0.362 e. The normalized spacial score (nSPS) is 10.5. The van der Waals surface area contributed by atoms with Gasteiger partial charge >= 0.3 is 0 Å². The van der Waals surface area contributed by atoms with Gasteiger partial charge in [-0.15, -0.1) is 11.3 Å². The smallest absolute Gasteiger partial charge is 0.266 e. The number of rotatable bonds is 4. The Hall–Kier alpha value is -0.960. The van der Waals surface area contributed by atoms with Gasteiger partial charge in [0.2, 0.25) is 0 Å². The van der Waals surface area contributed by atoms with E-state index in [1.807, 2.05) is 28.8 Å². The van der Waals surface area contributed by atoms with Crippen molar-refractivity contribution in [3.8, 4) is 0 Å². The highest BCUT2D eigenvalue weighted by molar-refractivity contribution is 14.1. The van der Waals surface area contributed by atoms with Crippen LogP contribution in [-0.2, 0) is 13.0 Å². The van der Waals surface area contributed by atoms with Crippen LogP contribution < -0.4 is 10.9 Å². The van der Waals surface area contributed by atoms with Crippen molar-refractivity contribution in [3.63, 3.8) is 0 Å². The third-order valence-electron chi connectivity index (χ3n) is 2.15. The highest BCUT2D eigenvalue weighted by atomic mass is 127. The van der Waals surface area contributed by atoms with Gasteiger partial charge in [0, 0.05) is 11.1 Å². The van der Waals surface area contributed by atoms with E-state index in [1.54, 1.807) is 11.3 Å². The average Bonchev–Trinajstić information content (AvgIpc) is 2.79. The van der Waals surface area contributed by atoms with Gasteiger partial charge in [0.15, 0.2) is 0 Å². The predicted molar refractivity (Wildman–Crippen MR) is 76.4 cm³/mol. The van der Waals surface area contributed by atoms with E-state index in [0.717, 1.165) is 11.4 Å². The summed E-state index contributed by atoms with van der Waals surface area (Å²) in [5, 5.41) is 4.12. The van der Waals surface area contributed by atoms with E-state index in [-0.39, 0.29) is 5.56 Å². The van der Waals surface area contributed by atoms with E-state index >= 15 is 0 Å². The van der Waals surface area contributed by atoms with Gasteiger partial charge in [-0.25, -0.2) is 9.97 Å². The molecule has 0 radical (unpaired) electrons. The standard InChI is InChI=1S/C10H11IN4OS/c1-2-6-3-12-7(17-6)4-13-9-8(11)10(16)15-5-14-9/h3,5H,2,4H2,1H3,(H2,13,14,15,16). The van der Waals surface area contributed by atoms with Crippen molar-refractivity contribution in [1.29, 1.82) is 0 Å². The first-order valence-electron chi connectivity index (χ1n) is 5.11. The topological polar surface area (TPSA) is 70.7 Å². The minimum atomic E-state index is -0.128. The van der Waals surface area contributed by atoms with Crippen molar-refractivity contribution in [3.05, 3.63) is 36.3 Å². The number of halogens is 1. The van der Waals surface area contributed by atoms with E-state index in [9.17, 15) is 4.79 Å². The van der Waals surface area contributed by atoms with Crippen LogP contribution in [0.4, 0.5) is 5.82 Å². The molecule has 0 saturated carbocycles. The van der Waals surface area contributed by atoms with Gasteiger partial charge in [-0.1, -0.05) is 6.92 Å². The van der Waals surface area contributed by atoms with E-state index in [2.05, 4.69) is 27.2 Å². The molecular weight excluding hydrogens is 351 g/mol. The number of hydrogen-bond donors (Lipinski definition) is 2. The van der Waals surface area contributed by atoms with Gasteiger partial charge in [-0.2, -0.15) is 0 Å². The van der Waals surface area contributed by atoms with Crippen LogP contribution >= 0.6 is 33.9 Å². The van der Waals surface area contributed by atoms with Gasteiger partial charge in [-0.3, -0.25) is 4.79 Å². The Bertz CT molecular complexity index is 565. The summed E-state index contributed by atoms with van der Waals surface area (Å²) in [4.78, 5) is 23.5. The molecule has 0 aliphatic carbocycles. The Kier molecular flexibility index (Phi) is 4.11. The van der Waals surface area contributed by atoms with Crippen molar-refractivity contribution >= 4 is 39.7 Å². The second-order valence-corrected chi connectivity index (χ2v) is 5.60. The average molecular weight is 362 g/mol. The quantitative estimate of drug-likeness (QED) is 0.817. The molecule has 90 valence electrons. The first-order valence-corrected chi connectivity index (χ1v) is 7.01. The Morgan fingerprint density at radius 2 is 2.35 bits per heavy atom. The number of aromatic amines is 1. The number of nitrogens with one attached hydrogen (secondary N) is 2. The Balaban J connectivity index is 2.07. The third kappa shape index (κ3) is 3.03. The molecule has 0 atom stereocenters. The molecule has 7 heteroatoms. The summed E-state index contributed by atoms with van der Waals surface area (Å²) in [5.41, 5.74) is -0.128. The molecule has 2 rings (SSSR count). The summed E-state index contributed by atoms with van der Waals surface area (Å²) in [7, 11) is 0. The maximum atomic E-state index is 11.3. The van der Waals surface area contributed by atoms with Crippen molar-refractivity contribution in [1.82, 2.24) is 15.0 Å². The molecule has 0 bridgehead atoms. The Morgan fingerprint density at radius 3 is 3.06 bits per heavy atom. The molecule has 17 heavy (non-hydrogen) atoms. The molecule has 2 aromatic rings. The van der Waals surface area contributed by atoms with Crippen LogP contribution in [0.2, 0.25) is 0 Å². The first kappa shape index (κ1) is 12.5. The lowest BCUT2D eigenvalue weighted by molar-refractivity contribution is 1.03. The molecule has 2 heterocycles. The van der Waals surface area contributed by atoms with Crippen LogP contribution in [0.1, 0.15) is 16.8 Å². The molecular formula is C10H11IN4OS. The van der Waals surface area contributed by atoms with Gasteiger partial charge in [0.25, 0.3) is 5.56 Å². The van der Waals surface area contributed by atoms with Crippen molar-refractivity contribution in [2.45, 2.75) is 19.9 Å². The maximum Gasteiger partial charge on any atom is 0.266 e. The SMILES string of the molecule is CCc1cnc(CNc2nc[nH]c(=O)c2I)s1. The van der Waals surface area contributed by atoms with E-state index in [0.29, 0.717) is 15.9 Å². The zero-order chi connectivity index (χ0) is 12.3. The zero-order valence-electron chi connectivity index (χ0n) is 9.16. The van der Waals surface area contributed by atoms with Crippen molar-refractivity contribution < 1.29 is 0 Å². The number of nitrogens with zero attached hydrogens (tertiary/aromatic N) is 2. The van der Waals surface area contributed by atoms with Crippen molar-refractivity contribution in [2.75, 3.05) is 5.32 Å². The number of H-pyrrole nitrogens is 1. The molecule has 0 fully saturated rings. The molecule has 2 N–H and O–H groups in total. The number of thiazole rings is 1. The Morgan fingerprint density at radius 1 is 1.53 bits per heavy atom. The monoisotopic (exact) mass is 362 g/mol. The molecule has 0 aliphatic heterocycles. The number of hydrogen-bond acceptors (Lipinski definition) is 5. The lowest BCUT2D eigenvalue weighted by Gasteiger charge is -2.03. The van der Waals surface area contributed by atoms with Crippen LogP contribution in [0.3, 0.4) is 0 Å². The van der Waals surface area contributed by atoms with Crippen LogP contribution in [0, 0.1) is 3.57 Å². The lowest BCUT2D eigenvalue weighted by atomic mass is 10.4. The van der Waals surface area contributed by atoms with Crippen molar-refractivity contribution in [2.24, 2.45) is 0 Å². The predicted octanol–water partition coefficient (Wildman–Crippen LogP) is 2.01. The fraction of sp³-hybridized carbons (Fsp3) is 0.300. The fourth-order valence-corrected chi connectivity index (χ4v) is 2.55. The third-order valence-corrected chi connectivity index (χ3v) is 4.30. The minimum absolute atomic E-state index is 0.128. The molecule has 0 aromatic carbocycles. The van der Waals surface area contributed by atoms with Gasteiger partial charge in [0.1, 0.15) is 14.4 Å². The van der Waals surface area contributed by atoms with Gasteiger partial charge in [0.05, 0.1) is 12.9 Å². The van der Waals surface area contributed by atoms with E-state index in [1.165, 1.54) is 11.2 Å². The molecule has 0 unspecified atom stereocenters. The number of aryl methyl sites for hydroxylation is 1. The van der Waals surface area contributed by atoms with E-state index < -0.39 is 0 Å². The second kappa shape index (κ2) is 5.58. The van der Waals surface area contributed by atoms with Crippen LogP contribution in [-0.4, -0.2) is 15.0 Å².